The van der Waals surface area contributed by atoms with Crippen molar-refractivity contribution in [2.45, 2.75) is 25.8 Å². The Bertz CT molecular complexity index is 434. The number of hydrogen-bond donors (Lipinski definition) is 0. The second kappa shape index (κ2) is 4.50. The van der Waals surface area contributed by atoms with Crippen molar-refractivity contribution < 1.29 is 0 Å². The minimum Gasteiger partial charge on any atom is -0.299 e. The third-order valence-corrected chi connectivity index (χ3v) is 4.26. The summed E-state index contributed by atoms with van der Waals surface area (Å²) in [5.41, 5.74) is 2.06. The summed E-state index contributed by atoms with van der Waals surface area (Å²) in [7, 11) is 0. The van der Waals surface area contributed by atoms with Gasteiger partial charge in [-0.15, -0.1) is 0 Å². The summed E-state index contributed by atoms with van der Waals surface area (Å²) in [4.78, 5) is 2.56. The fourth-order valence-corrected chi connectivity index (χ4v) is 3.46. The predicted molar refractivity (Wildman–Crippen MR) is 67.3 cm³/mol. The Kier molecular flexibility index (Phi) is 2.86. The van der Waals surface area contributed by atoms with Crippen molar-refractivity contribution in [1.82, 2.24) is 4.90 Å². The van der Waals surface area contributed by atoms with E-state index >= 15 is 0 Å². The highest BCUT2D eigenvalue weighted by atomic mass is 15.2. The average molecular weight is 226 g/mol. The first kappa shape index (κ1) is 10.8. The Hall–Kier alpha value is -1.33. The Morgan fingerprint density at radius 2 is 2.00 bits per heavy atom. The monoisotopic (exact) mass is 226 g/mol. The molecule has 2 aliphatic rings. The molecule has 0 spiro atoms. The smallest absolute Gasteiger partial charge is 0.0991 e. The molecular formula is C15H18N2. The molecule has 0 bridgehead atoms. The van der Waals surface area contributed by atoms with Gasteiger partial charge in [0.05, 0.1) is 11.6 Å². The molecule has 0 aromatic heterocycles. The van der Waals surface area contributed by atoms with Gasteiger partial charge in [0.1, 0.15) is 0 Å². The zero-order valence-electron chi connectivity index (χ0n) is 10.1. The van der Waals surface area contributed by atoms with Gasteiger partial charge >= 0.3 is 0 Å². The van der Waals surface area contributed by atoms with Crippen molar-refractivity contribution in [1.29, 1.82) is 5.26 Å². The van der Waals surface area contributed by atoms with E-state index in [1.54, 1.807) is 0 Å². The molecular weight excluding hydrogens is 208 g/mol. The lowest BCUT2D eigenvalue weighted by Gasteiger charge is -2.16. The normalized spacial score (nSPS) is 27.9. The minimum absolute atomic E-state index is 0.780. The van der Waals surface area contributed by atoms with Gasteiger partial charge in [-0.3, -0.25) is 4.90 Å². The summed E-state index contributed by atoms with van der Waals surface area (Å²) in [5, 5.41) is 8.89. The number of nitrogens with zero attached hydrogens (tertiary/aromatic N) is 2. The van der Waals surface area contributed by atoms with Gasteiger partial charge in [-0.05, 0) is 42.4 Å². The van der Waals surface area contributed by atoms with Crippen LogP contribution in [0.25, 0.3) is 0 Å². The van der Waals surface area contributed by atoms with E-state index in [4.69, 9.17) is 5.26 Å². The molecule has 3 rings (SSSR count). The predicted octanol–water partition coefficient (Wildman–Crippen LogP) is 2.79. The largest absolute Gasteiger partial charge is 0.299 e. The molecule has 88 valence electrons. The summed E-state index contributed by atoms with van der Waals surface area (Å²) < 4.78 is 0. The Balaban J connectivity index is 1.66. The highest BCUT2D eigenvalue weighted by Crippen LogP contribution is 2.38. The maximum atomic E-state index is 8.89. The van der Waals surface area contributed by atoms with Crippen LogP contribution < -0.4 is 0 Å². The fourth-order valence-electron chi connectivity index (χ4n) is 3.46. The molecule has 1 aromatic rings. The van der Waals surface area contributed by atoms with Gasteiger partial charge in [0.25, 0.3) is 0 Å². The Morgan fingerprint density at radius 1 is 1.24 bits per heavy atom. The van der Waals surface area contributed by atoms with Gasteiger partial charge < -0.3 is 0 Å². The fraction of sp³-hybridized carbons (Fsp3) is 0.533. The maximum absolute atomic E-state index is 8.89. The van der Waals surface area contributed by atoms with E-state index in [1.165, 1.54) is 37.9 Å². The van der Waals surface area contributed by atoms with Crippen LogP contribution in [0.3, 0.4) is 0 Å². The Labute approximate surface area is 103 Å². The second-order valence-corrected chi connectivity index (χ2v) is 5.46. The van der Waals surface area contributed by atoms with Crippen molar-refractivity contribution in [3.63, 3.8) is 0 Å². The van der Waals surface area contributed by atoms with Gasteiger partial charge in [0, 0.05) is 19.6 Å². The van der Waals surface area contributed by atoms with Crippen molar-refractivity contribution in [3.05, 3.63) is 35.4 Å². The molecule has 2 nitrogen and oxygen atoms in total. The van der Waals surface area contributed by atoms with Crippen LogP contribution in [0.1, 0.15) is 30.4 Å². The molecule has 0 N–H and O–H groups in total. The lowest BCUT2D eigenvalue weighted by Crippen LogP contribution is -2.21. The summed E-state index contributed by atoms with van der Waals surface area (Å²) in [5.74, 6) is 1.91. The van der Waals surface area contributed by atoms with Crippen LogP contribution in [-0.4, -0.2) is 18.0 Å². The maximum Gasteiger partial charge on any atom is 0.0991 e. The number of fused-ring (bicyclic) bond motifs is 1. The SMILES string of the molecule is N#Cc1cccc(CN2CC3CCCC3C2)c1. The first-order valence-corrected chi connectivity index (χ1v) is 6.56. The molecule has 1 saturated heterocycles. The molecule has 0 radical (unpaired) electrons. The van der Waals surface area contributed by atoms with E-state index in [2.05, 4.69) is 17.0 Å². The van der Waals surface area contributed by atoms with Crippen LogP contribution in [0.4, 0.5) is 0 Å². The van der Waals surface area contributed by atoms with Crippen molar-refractivity contribution in [2.75, 3.05) is 13.1 Å². The number of benzene rings is 1. The standard InChI is InChI=1S/C15H18N2/c16-8-12-3-1-4-13(7-12)9-17-10-14-5-2-6-15(14)11-17/h1,3-4,7,14-15H,2,5-6,9-11H2. The molecule has 1 saturated carbocycles. The van der Waals surface area contributed by atoms with Gasteiger partial charge in [0.2, 0.25) is 0 Å². The van der Waals surface area contributed by atoms with E-state index in [0.717, 1.165) is 23.9 Å². The first-order valence-electron chi connectivity index (χ1n) is 6.56. The second-order valence-electron chi connectivity index (χ2n) is 5.46. The molecule has 2 atom stereocenters. The van der Waals surface area contributed by atoms with E-state index in [9.17, 15) is 0 Å². The van der Waals surface area contributed by atoms with E-state index in [0.29, 0.717) is 0 Å². The molecule has 1 aliphatic heterocycles. The van der Waals surface area contributed by atoms with Crippen molar-refractivity contribution in [2.24, 2.45) is 11.8 Å². The molecule has 1 heterocycles. The van der Waals surface area contributed by atoms with Gasteiger partial charge in [0.15, 0.2) is 0 Å². The molecule has 1 aliphatic carbocycles. The molecule has 17 heavy (non-hydrogen) atoms. The van der Waals surface area contributed by atoms with Crippen LogP contribution in [0.5, 0.6) is 0 Å². The van der Waals surface area contributed by atoms with Gasteiger partial charge in [-0.25, -0.2) is 0 Å². The quantitative estimate of drug-likeness (QED) is 0.775. The summed E-state index contributed by atoms with van der Waals surface area (Å²) in [6, 6.07) is 10.2. The minimum atomic E-state index is 0.780. The van der Waals surface area contributed by atoms with Crippen LogP contribution in [0.15, 0.2) is 24.3 Å². The lowest BCUT2D eigenvalue weighted by molar-refractivity contribution is 0.303. The van der Waals surface area contributed by atoms with E-state index in [-0.39, 0.29) is 0 Å². The van der Waals surface area contributed by atoms with Crippen LogP contribution in [0, 0.1) is 23.2 Å². The molecule has 2 fully saturated rings. The number of likely N-dealkylation sites (tertiary alicyclic amines) is 1. The van der Waals surface area contributed by atoms with Gasteiger partial charge in [-0.2, -0.15) is 5.26 Å². The van der Waals surface area contributed by atoms with Crippen molar-refractivity contribution >= 4 is 0 Å². The summed E-state index contributed by atoms with van der Waals surface area (Å²) in [6.07, 6.45) is 4.30. The molecule has 0 amide bonds. The van der Waals surface area contributed by atoms with Crippen LogP contribution in [-0.2, 0) is 6.54 Å². The average Bonchev–Trinajstić information content (AvgIpc) is 2.90. The third-order valence-electron chi connectivity index (χ3n) is 4.26. The number of nitriles is 1. The highest BCUT2D eigenvalue weighted by molar-refractivity contribution is 5.32. The van der Waals surface area contributed by atoms with Gasteiger partial charge in [-0.1, -0.05) is 18.6 Å². The molecule has 2 heteroatoms. The zero-order valence-corrected chi connectivity index (χ0v) is 10.1. The van der Waals surface area contributed by atoms with Crippen LogP contribution in [0.2, 0.25) is 0 Å². The Morgan fingerprint density at radius 3 is 2.71 bits per heavy atom. The van der Waals surface area contributed by atoms with Crippen molar-refractivity contribution in [3.8, 4) is 6.07 Å². The summed E-state index contributed by atoms with van der Waals surface area (Å²) in [6.45, 7) is 3.55. The topological polar surface area (TPSA) is 27.0 Å². The molecule has 2 unspecified atom stereocenters. The van der Waals surface area contributed by atoms with Crippen LogP contribution >= 0.6 is 0 Å². The molecule has 1 aromatic carbocycles. The zero-order chi connectivity index (χ0) is 11.7. The first-order chi connectivity index (χ1) is 8.35. The third kappa shape index (κ3) is 2.21. The van der Waals surface area contributed by atoms with E-state index < -0.39 is 0 Å². The van der Waals surface area contributed by atoms with E-state index in [1.807, 2.05) is 18.2 Å². The lowest BCUT2D eigenvalue weighted by atomic mass is 10.0. The number of hydrogen-bond acceptors (Lipinski definition) is 2. The number of rotatable bonds is 2. The highest BCUT2D eigenvalue weighted by Gasteiger charge is 2.35. The summed E-state index contributed by atoms with van der Waals surface area (Å²) >= 11 is 0.